The molecule has 5 rings (SSSR count). The second kappa shape index (κ2) is 12.3. The number of rotatable bonds is 8. The Morgan fingerprint density at radius 2 is 1.95 bits per heavy atom. The van der Waals surface area contributed by atoms with Gasteiger partial charge in [0, 0.05) is 29.7 Å². The average molecular weight is 645 g/mol. The van der Waals surface area contributed by atoms with Crippen molar-refractivity contribution >= 4 is 45.2 Å². The van der Waals surface area contributed by atoms with Crippen molar-refractivity contribution < 1.29 is 23.4 Å². The summed E-state index contributed by atoms with van der Waals surface area (Å²) in [7, 11) is 1.56. The van der Waals surface area contributed by atoms with Gasteiger partial charge in [0.2, 0.25) is 0 Å². The van der Waals surface area contributed by atoms with E-state index in [-0.39, 0.29) is 12.2 Å². The number of fused-ring (bicyclic) bond motifs is 1. The fraction of sp³-hybridized carbons (Fsp3) is 0.433. The molecule has 0 saturated carbocycles. The van der Waals surface area contributed by atoms with Gasteiger partial charge >= 0.3 is 5.97 Å². The van der Waals surface area contributed by atoms with Crippen LogP contribution < -0.4 is 29.3 Å². The first-order valence-electron chi connectivity index (χ1n) is 13.8. The van der Waals surface area contributed by atoms with Gasteiger partial charge < -0.3 is 23.5 Å². The van der Waals surface area contributed by atoms with Crippen molar-refractivity contribution in [1.29, 1.82) is 0 Å². The first-order chi connectivity index (χ1) is 19.7. The average Bonchev–Trinajstić information content (AvgIpc) is 3.53. The Hall–Kier alpha value is -3.31. The highest BCUT2D eigenvalue weighted by Gasteiger charge is 2.35. The number of hydrogen-bond acceptors (Lipinski definition) is 9. The van der Waals surface area contributed by atoms with E-state index in [4.69, 9.17) is 18.6 Å². The van der Waals surface area contributed by atoms with Crippen LogP contribution in [0.15, 0.2) is 54.2 Å². The number of methoxy groups -OCH3 is 1. The normalized spacial score (nSPS) is 17.9. The maximum Gasteiger partial charge on any atom is 0.338 e. The Morgan fingerprint density at radius 1 is 1.20 bits per heavy atom. The number of anilines is 1. The molecule has 4 heterocycles. The Morgan fingerprint density at radius 3 is 2.63 bits per heavy atom. The van der Waals surface area contributed by atoms with Crippen LogP contribution in [0.3, 0.4) is 0 Å². The maximum absolute atomic E-state index is 14.0. The quantitative estimate of drug-likeness (QED) is 0.326. The monoisotopic (exact) mass is 643 g/mol. The summed E-state index contributed by atoms with van der Waals surface area (Å²) >= 11 is 4.90. The fourth-order valence-corrected chi connectivity index (χ4v) is 6.79. The molecule has 3 aromatic rings. The van der Waals surface area contributed by atoms with E-state index in [9.17, 15) is 9.59 Å². The minimum Gasteiger partial charge on any atom is -0.493 e. The zero-order chi connectivity index (χ0) is 29.3. The number of aromatic nitrogens is 1. The van der Waals surface area contributed by atoms with Gasteiger partial charge in [-0.15, -0.1) is 0 Å². The van der Waals surface area contributed by atoms with Crippen molar-refractivity contribution in [2.45, 2.75) is 46.6 Å². The SMILES string of the molecule is CCOC(=O)C1=C(C)N=c2s/c(=C/c3ccc(N4CCC(C)CC4)o3)c(=O)n2[C@@H]1c1cc(OCC)c(OC)cc1Br. The molecule has 0 radical (unpaired) electrons. The molecule has 2 aliphatic rings. The minimum absolute atomic E-state index is 0.192. The number of allylic oxidation sites excluding steroid dienone is 1. The molecule has 1 atom stereocenters. The Labute approximate surface area is 250 Å². The number of carbonyl (C=O) groups excluding carboxylic acids is 1. The van der Waals surface area contributed by atoms with Gasteiger partial charge in [0.1, 0.15) is 5.76 Å². The molecule has 0 aliphatic carbocycles. The number of carbonyl (C=O) groups is 1. The predicted molar refractivity (Wildman–Crippen MR) is 162 cm³/mol. The number of halogens is 1. The molecule has 2 aromatic heterocycles. The number of furan rings is 1. The van der Waals surface area contributed by atoms with Crippen LogP contribution in [-0.4, -0.2) is 43.9 Å². The molecule has 1 aromatic carbocycles. The summed E-state index contributed by atoms with van der Waals surface area (Å²) in [5.74, 6) is 2.62. The van der Waals surface area contributed by atoms with E-state index in [0.29, 0.717) is 60.4 Å². The summed E-state index contributed by atoms with van der Waals surface area (Å²) in [4.78, 5) is 34.7. The maximum atomic E-state index is 14.0. The zero-order valence-electron chi connectivity index (χ0n) is 23.9. The zero-order valence-corrected chi connectivity index (χ0v) is 26.3. The van der Waals surface area contributed by atoms with Crippen LogP contribution in [0, 0.1) is 5.92 Å². The lowest BCUT2D eigenvalue weighted by Gasteiger charge is -2.29. The number of ether oxygens (including phenoxy) is 3. The van der Waals surface area contributed by atoms with Crippen molar-refractivity contribution in [1.82, 2.24) is 4.57 Å². The lowest BCUT2D eigenvalue weighted by atomic mass is 9.95. The van der Waals surface area contributed by atoms with E-state index in [0.717, 1.165) is 31.8 Å². The van der Waals surface area contributed by atoms with Crippen LogP contribution in [0.25, 0.3) is 6.08 Å². The van der Waals surface area contributed by atoms with Crippen molar-refractivity contribution in [3.63, 3.8) is 0 Å². The first kappa shape index (κ1) is 29.2. The van der Waals surface area contributed by atoms with Gasteiger partial charge in [-0.25, -0.2) is 9.79 Å². The highest BCUT2D eigenvalue weighted by Crippen LogP contribution is 2.41. The van der Waals surface area contributed by atoms with Crippen molar-refractivity contribution in [3.8, 4) is 11.5 Å². The third kappa shape index (κ3) is 5.74. The molecular formula is C30H34BrN3O6S. The predicted octanol–water partition coefficient (Wildman–Crippen LogP) is 4.80. The number of hydrogen-bond donors (Lipinski definition) is 0. The van der Waals surface area contributed by atoms with Gasteiger partial charge in [0.05, 0.1) is 42.2 Å². The molecule has 9 nitrogen and oxygen atoms in total. The van der Waals surface area contributed by atoms with E-state index in [1.54, 1.807) is 43.7 Å². The second-order valence-electron chi connectivity index (χ2n) is 10.1. The van der Waals surface area contributed by atoms with Crippen LogP contribution in [0.5, 0.6) is 11.5 Å². The summed E-state index contributed by atoms with van der Waals surface area (Å²) in [6.45, 7) is 10.2. The molecule has 218 valence electrons. The largest absolute Gasteiger partial charge is 0.493 e. The van der Waals surface area contributed by atoms with E-state index >= 15 is 0 Å². The highest BCUT2D eigenvalue weighted by atomic mass is 79.9. The second-order valence-corrected chi connectivity index (χ2v) is 12.0. The fourth-order valence-electron chi connectivity index (χ4n) is 5.22. The number of benzene rings is 1. The van der Waals surface area contributed by atoms with E-state index in [1.165, 1.54) is 11.3 Å². The summed E-state index contributed by atoms with van der Waals surface area (Å²) < 4.78 is 25.6. The molecular weight excluding hydrogens is 610 g/mol. The molecule has 2 aliphatic heterocycles. The van der Waals surface area contributed by atoms with E-state index in [2.05, 4.69) is 32.7 Å². The topological polar surface area (TPSA) is 95.5 Å². The van der Waals surface area contributed by atoms with Crippen molar-refractivity contribution in [2.24, 2.45) is 10.9 Å². The van der Waals surface area contributed by atoms with Gasteiger partial charge in [-0.2, -0.15) is 0 Å². The molecule has 1 fully saturated rings. The van der Waals surface area contributed by atoms with Gasteiger partial charge in [0.15, 0.2) is 22.2 Å². The van der Waals surface area contributed by atoms with E-state index in [1.807, 2.05) is 19.1 Å². The number of thiazole rings is 1. The standard InChI is InChI=1S/C30H34BrN3O6S/c1-6-38-23-15-20(21(31)16-22(23)37-5)27-26(29(36)39-7-2)18(4)32-30-34(27)28(35)24(41-30)14-19-8-9-25(40-19)33-12-10-17(3)11-13-33/h8-9,14-17,27H,6-7,10-13H2,1-5H3/b24-14+/t27-/m1/s1. The molecule has 0 bridgehead atoms. The van der Waals surface area contributed by atoms with Crippen LogP contribution in [0.1, 0.15) is 57.9 Å². The molecule has 0 spiro atoms. The van der Waals surface area contributed by atoms with E-state index < -0.39 is 12.0 Å². The van der Waals surface area contributed by atoms with Crippen molar-refractivity contribution in [3.05, 3.63) is 71.0 Å². The number of esters is 1. The third-order valence-electron chi connectivity index (χ3n) is 7.38. The number of nitrogens with zero attached hydrogens (tertiary/aromatic N) is 3. The smallest absolute Gasteiger partial charge is 0.338 e. The summed E-state index contributed by atoms with van der Waals surface area (Å²) in [5, 5.41) is 0. The van der Waals surface area contributed by atoms with Crippen LogP contribution >= 0.6 is 27.3 Å². The molecule has 0 amide bonds. The van der Waals surface area contributed by atoms with Crippen molar-refractivity contribution in [2.75, 3.05) is 38.3 Å². The van der Waals surface area contributed by atoms with Gasteiger partial charge in [-0.3, -0.25) is 9.36 Å². The van der Waals surface area contributed by atoms with Gasteiger partial charge in [0.25, 0.3) is 5.56 Å². The lowest BCUT2D eigenvalue weighted by molar-refractivity contribution is -0.139. The highest BCUT2D eigenvalue weighted by molar-refractivity contribution is 9.10. The molecule has 0 unspecified atom stereocenters. The number of piperidine rings is 1. The Kier molecular flexibility index (Phi) is 8.74. The summed E-state index contributed by atoms with van der Waals surface area (Å²) in [6.07, 6.45) is 4.00. The van der Waals surface area contributed by atoms with Gasteiger partial charge in [-0.05, 0) is 63.3 Å². The molecule has 0 N–H and O–H groups in total. The Bertz CT molecular complexity index is 1660. The summed E-state index contributed by atoms with van der Waals surface area (Å²) in [6, 6.07) is 6.61. The lowest BCUT2D eigenvalue weighted by Crippen LogP contribution is -2.40. The Balaban J connectivity index is 1.64. The van der Waals surface area contributed by atoms with Crippen LogP contribution in [-0.2, 0) is 9.53 Å². The minimum atomic E-state index is -0.797. The van der Waals surface area contributed by atoms with Crippen LogP contribution in [0.2, 0.25) is 0 Å². The molecule has 11 heteroatoms. The first-order valence-corrected chi connectivity index (χ1v) is 15.4. The molecule has 1 saturated heterocycles. The molecule has 41 heavy (non-hydrogen) atoms. The summed E-state index contributed by atoms with van der Waals surface area (Å²) in [5.41, 5.74) is 1.15. The third-order valence-corrected chi connectivity index (χ3v) is 9.05. The van der Waals surface area contributed by atoms with Gasteiger partial charge in [-0.1, -0.05) is 34.2 Å². The van der Waals surface area contributed by atoms with Crippen LogP contribution in [0.4, 0.5) is 5.88 Å².